The van der Waals surface area contributed by atoms with Crippen molar-refractivity contribution in [1.29, 1.82) is 0 Å². The van der Waals surface area contributed by atoms with Crippen molar-refractivity contribution in [1.82, 2.24) is 41.2 Å². The summed E-state index contributed by atoms with van der Waals surface area (Å²) < 4.78 is 79.6. The number of ether oxygens (including phenoxy) is 6. The van der Waals surface area contributed by atoms with Crippen LogP contribution in [-0.2, 0) is 73.3 Å². The number of carbonyl (C=O) groups is 4. The van der Waals surface area contributed by atoms with Gasteiger partial charge in [0.25, 0.3) is 0 Å². The number of alkyl halides is 1. The number of nitrogens with one attached hydrogen (secondary N) is 8. The Hall–Kier alpha value is -7.66. The predicted molar refractivity (Wildman–Crippen MR) is 502 cm³/mol. The van der Waals surface area contributed by atoms with Gasteiger partial charge in [-0.05, 0) is 217 Å². The number of hydrogen-bond donors (Lipinski definition) is 8. The largest absolute Gasteiger partial charge is 0.385 e. The number of piperidine rings is 1. The summed E-state index contributed by atoms with van der Waals surface area (Å²) in [6, 6.07) is 36.6. The second-order valence-electron chi connectivity index (χ2n) is 34.5. The van der Waals surface area contributed by atoms with Crippen LogP contribution in [0.1, 0.15) is 119 Å². The quantitative estimate of drug-likeness (QED) is 0.0201. The molecule has 126 heavy (non-hydrogen) atoms. The Morgan fingerprint density at radius 2 is 0.889 bits per heavy atom. The van der Waals surface area contributed by atoms with E-state index in [0.717, 1.165) is 153 Å². The van der Waals surface area contributed by atoms with Crippen LogP contribution in [0.3, 0.4) is 0 Å². The van der Waals surface area contributed by atoms with Gasteiger partial charge in [0.15, 0.2) is 5.78 Å². The number of Topliss-reactive ketones (excluding diaryl/α,β-unsaturated/α-hetero) is 4. The van der Waals surface area contributed by atoms with Gasteiger partial charge in [0, 0.05) is 270 Å². The fraction of sp³-hybridized carbons (Fsp3) is 0.510. The highest BCUT2D eigenvalue weighted by atomic mass is 35.5. The van der Waals surface area contributed by atoms with Crippen molar-refractivity contribution in [2.75, 3.05) is 160 Å². The molecule has 8 aromatic rings. The molecule has 8 aliphatic heterocycles. The average molecular weight is 1830 g/mol. The summed E-state index contributed by atoms with van der Waals surface area (Å²) in [5.41, 5.74) is 12.7. The van der Waals surface area contributed by atoms with Crippen molar-refractivity contribution in [3.63, 3.8) is 0 Å². The van der Waals surface area contributed by atoms with E-state index in [1.807, 2.05) is 103 Å². The molecule has 8 N–H and O–H groups in total. The third-order valence-electron chi connectivity index (χ3n) is 24.4. The van der Waals surface area contributed by atoms with E-state index in [9.17, 15) is 23.6 Å². The van der Waals surface area contributed by atoms with Crippen LogP contribution in [0.15, 0.2) is 140 Å². The molecule has 8 fully saturated rings. The van der Waals surface area contributed by atoms with Crippen molar-refractivity contribution < 1.29 is 57.5 Å². The lowest BCUT2D eigenvalue weighted by Gasteiger charge is -2.35. The molecule has 0 aliphatic carbocycles. The molecule has 4 aromatic carbocycles. The minimum absolute atomic E-state index is 0.0157. The van der Waals surface area contributed by atoms with Crippen LogP contribution < -0.4 is 42.5 Å². The highest BCUT2D eigenvalue weighted by Crippen LogP contribution is 2.39. The number of ketones is 4. The molecule has 0 saturated carbocycles. The number of carbonyl (C=O) groups excluding carboxylic acids is 4. The van der Waals surface area contributed by atoms with Gasteiger partial charge in [-0.1, -0.05) is 94.4 Å². The zero-order valence-corrected chi connectivity index (χ0v) is 76.0. The second kappa shape index (κ2) is 48.8. The molecule has 1 unspecified atom stereocenters. The summed E-state index contributed by atoms with van der Waals surface area (Å²) in [4.78, 5) is 68.3. The fourth-order valence-electron chi connectivity index (χ4n) is 17.1. The number of nitrogens with zero attached hydrogens (tertiary/aromatic N) is 4. The van der Waals surface area contributed by atoms with Crippen LogP contribution in [0.25, 0.3) is 44.5 Å². The van der Waals surface area contributed by atoms with Gasteiger partial charge < -0.3 is 71.0 Å². The molecule has 12 heterocycles. The summed E-state index contributed by atoms with van der Waals surface area (Å²) in [5, 5.41) is 28.7. The molecule has 0 amide bonds. The van der Waals surface area contributed by atoms with Gasteiger partial charge in [0.2, 0.25) is 0 Å². The normalized spacial score (nSPS) is 22.3. The predicted octanol–water partition coefficient (Wildman–Crippen LogP) is 17.4. The van der Waals surface area contributed by atoms with Gasteiger partial charge in [0.1, 0.15) is 30.1 Å². The van der Waals surface area contributed by atoms with E-state index in [1.54, 1.807) is 31.9 Å². The number of methoxy groups -OCH3 is 1. The molecule has 7 atom stereocenters. The van der Waals surface area contributed by atoms with E-state index in [4.69, 9.17) is 91.9 Å². The van der Waals surface area contributed by atoms with E-state index in [0.29, 0.717) is 169 Å². The highest BCUT2D eigenvalue weighted by Gasteiger charge is 2.34. The van der Waals surface area contributed by atoms with E-state index in [2.05, 4.69) is 88.5 Å². The number of hydrogen-bond acceptors (Lipinski definition) is 22. The molecule has 22 nitrogen and oxygen atoms in total. The minimum Gasteiger partial charge on any atom is -0.385 e. The Bertz CT molecular complexity index is 4930. The first-order chi connectivity index (χ1) is 62.7. The first-order valence-electron chi connectivity index (χ1n) is 46.5. The van der Waals surface area contributed by atoms with Crippen LogP contribution in [0, 0.1) is 41.4 Å². The van der Waals surface area contributed by atoms with Crippen LogP contribution in [-0.4, -0.2) is 205 Å². The Balaban J connectivity index is 0.000000148. The molecule has 676 valence electrons. The van der Waals surface area contributed by atoms with E-state index < -0.39 is 25.8 Å². The first-order valence-corrected chi connectivity index (χ1v) is 46.4. The summed E-state index contributed by atoms with van der Waals surface area (Å²) in [5.74, 6) is 1.29. The molecular weight excluding hydrogens is 1700 g/mol. The van der Waals surface area contributed by atoms with E-state index >= 15 is 0 Å². The number of halogens is 6. The van der Waals surface area contributed by atoms with Crippen molar-refractivity contribution in [2.45, 2.75) is 140 Å². The average Bonchev–Trinajstić information content (AvgIpc) is 0.915. The smallest absolute Gasteiger partial charge is 0.168 e. The molecule has 0 spiro atoms. The monoisotopic (exact) mass is 1820 g/mol. The molecule has 8 saturated heterocycles. The fourth-order valence-corrected chi connectivity index (χ4v) is 18.2. The van der Waals surface area contributed by atoms with Gasteiger partial charge in [-0.15, -0.1) is 0 Å². The van der Waals surface area contributed by atoms with Gasteiger partial charge in [-0.3, -0.25) is 39.1 Å². The summed E-state index contributed by atoms with van der Waals surface area (Å²) in [7, 11) is 1.68. The Kier molecular flexibility index (Phi) is 35.0. The Morgan fingerprint density at radius 1 is 0.460 bits per heavy atom. The number of rotatable bonds is 31. The lowest BCUT2D eigenvalue weighted by molar-refractivity contribution is -0.131. The number of morpholine rings is 1. The molecule has 0 radical (unpaired) electrons. The molecular formula is C98H122Cl5FN12O10. The van der Waals surface area contributed by atoms with Gasteiger partial charge in [-0.25, -0.2) is 4.39 Å². The van der Waals surface area contributed by atoms with Crippen molar-refractivity contribution in [2.24, 2.45) is 41.4 Å². The maximum Gasteiger partial charge on any atom is 0.168 e. The van der Waals surface area contributed by atoms with Crippen LogP contribution in [0.2, 0.25) is 25.1 Å². The minimum atomic E-state index is -1.55. The Morgan fingerprint density at radius 3 is 1.36 bits per heavy atom. The van der Waals surface area contributed by atoms with Crippen molar-refractivity contribution >= 4 is 104 Å². The van der Waals surface area contributed by atoms with Gasteiger partial charge in [0.05, 0.1) is 45.3 Å². The molecule has 4 aromatic heterocycles. The number of anilines is 4. The van der Waals surface area contributed by atoms with Gasteiger partial charge in [-0.2, -0.15) is 0 Å². The number of aromatic nitrogens is 4. The molecule has 28 heteroatoms. The lowest BCUT2D eigenvalue weighted by atomic mass is 9.88. The lowest BCUT2D eigenvalue weighted by Crippen LogP contribution is -2.43. The molecule has 0 bridgehead atoms. The van der Waals surface area contributed by atoms with Crippen LogP contribution in [0.5, 0.6) is 0 Å². The summed E-state index contributed by atoms with van der Waals surface area (Å²) in [6.45, 7) is 12.7. The summed E-state index contributed by atoms with van der Waals surface area (Å²) >= 11 is 32.5. The first kappa shape index (κ1) is 90.3. The number of benzene rings is 4. The van der Waals surface area contributed by atoms with Gasteiger partial charge >= 0.3 is 0 Å². The second-order valence-corrected chi connectivity index (χ2v) is 36.6. The standard InChI is InChI=1S/C27H35Cl2N3O3.C24H29ClFN3O2.C24H30ClN3O2.C23H28ClN3O3/c1-27(2)12-17(6-7-35-27)13-30-19-4-5-24(28)22(9-19)23-10-20(32-15-25(23)29)11-26(33)18-8-21(16-34-3)31-14-18;25-23-15-29-20(11-24(30)18-9-21(12-26)28-14-18)10-22(23)17-2-1-3-19(8-17)27-13-16-4-6-31-7-5-16;25-23-16-28-21(13-24(29)19-4-2-8-26-15-19)12-22(23)18-3-1-5-20(11-18)27-14-17-6-9-30-10-7-17;24-21-14-27-19(12-22(28)23-15-25-6-9-30-23)11-20(21)17-2-1-3-18(10-17)26-13-16-4-7-29-8-5-16/h4-5,9-10,15,17-18,21,30-31H,6-8,11-14,16H2,1-3H3;1-3,8,10,15-16,18,21,27-28H,4-7,9,11-14H2;1,3,5,11-12,16-17,19,26-27H,2,4,6-10,13-15H2;1-3,10-11,14,16,23,25-26H,4-9,12-13,15H2/t17?,18-,21-;18-,21-;19-;23-/m1011/s1/i;;14D2;13D2. The SMILES string of the molecule is COC[C@H]1C[C@@H](C(=O)Cc2cc(-c3cc(NCC4CCOC(C)(C)C4)ccc3Cl)c(Cl)cn2)CN1.O=C(Cc1cc(-c2cccc(NCC3CCOCC3)c2)c(Cl)cn1)[C@@H]1CN[C@H](CF)C1.[2H]C([2H])(Nc1cccc(-c2cc(CC(=O)[C@@H]3CCCNC3)ncc2Cl)c1)C1CCOCC1.[2H]C([2H])(Nc1cccc(-c2cc(CC(=O)[C@H]3CNCCO3)ncc2Cl)c1)C1CCOCC1. The highest BCUT2D eigenvalue weighted by molar-refractivity contribution is 6.37. The number of pyridine rings is 4. The van der Waals surface area contributed by atoms with Crippen LogP contribution in [0.4, 0.5) is 27.1 Å². The zero-order valence-electron chi connectivity index (χ0n) is 76.2. The third kappa shape index (κ3) is 29.2. The third-order valence-corrected chi connectivity index (χ3v) is 25.9. The molecule has 16 rings (SSSR count). The van der Waals surface area contributed by atoms with Crippen molar-refractivity contribution in [3.05, 3.63) is 188 Å². The zero-order chi connectivity index (χ0) is 91.7. The maximum absolute atomic E-state index is 12.9. The van der Waals surface area contributed by atoms with Crippen molar-refractivity contribution in [3.8, 4) is 44.5 Å². The topological polar surface area (TPSA) is 271 Å². The molecule has 8 aliphatic rings. The van der Waals surface area contributed by atoms with E-state index in [1.165, 1.54) is 0 Å². The Labute approximate surface area is 771 Å². The summed E-state index contributed by atoms with van der Waals surface area (Å²) in [6.07, 6.45) is 17.2. The van der Waals surface area contributed by atoms with E-state index in [-0.39, 0.29) is 89.7 Å². The maximum atomic E-state index is 12.9. The van der Waals surface area contributed by atoms with Crippen LogP contribution >= 0.6 is 58.0 Å².